The van der Waals surface area contributed by atoms with Gasteiger partial charge >= 0.3 is 17.9 Å². The molecule has 1 rings (SSSR count). The Morgan fingerprint density at radius 1 is 0.719 bits per heavy atom. The number of carbonyl (C=O) groups is 5. The molecule has 0 aliphatic carbocycles. The van der Waals surface area contributed by atoms with E-state index < -0.39 is 23.9 Å². The molecule has 1 aliphatic heterocycles. The summed E-state index contributed by atoms with van der Waals surface area (Å²) >= 11 is 0. The summed E-state index contributed by atoms with van der Waals surface area (Å²) in [5.41, 5.74) is 0. The number of carbonyl (C=O) groups excluding carboxylic acids is 2. The number of Topliss-reactive ketones (excluding diaryl/α,β-unsaturated/α-hetero) is 1. The molecule has 1 atom stereocenters. The van der Waals surface area contributed by atoms with Crippen LogP contribution in [0.3, 0.4) is 0 Å². The van der Waals surface area contributed by atoms with E-state index in [0.717, 1.165) is 6.29 Å². The van der Waals surface area contributed by atoms with Crippen molar-refractivity contribution >= 4 is 30.0 Å². The number of hydrogen-bond acceptors (Lipinski definition) is 9. The maximum atomic E-state index is 11.7. The summed E-state index contributed by atoms with van der Waals surface area (Å²) in [6.45, 7) is 3.38. The number of ketones is 1. The Labute approximate surface area is 187 Å². The van der Waals surface area contributed by atoms with Gasteiger partial charge in [0, 0.05) is 58.8 Å². The third-order valence-electron chi connectivity index (χ3n) is 5.37. The first-order valence-electron chi connectivity index (χ1n) is 10.6. The second-order valence-electron chi connectivity index (χ2n) is 7.99. The predicted molar refractivity (Wildman–Crippen MR) is 114 cm³/mol. The molecule has 0 amide bonds. The van der Waals surface area contributed by atoms with E-state index in [2.05, 4.69) is 0 Å². The van der Waals surface area contributed by atoms with E-state index in [9.17, 15) is 34.2 Å². The van der Waals surface area contributed by atoms with Gasteiger partial charge in [-0.25, -0.2) is 0 Å². The first-order chi connectivity index (χ1) is 15.1. The van der Waals surface area contributed by atoms with Crippen LogP contribution in [0.2, 0.25) is 0 Å². The standard InChI is InChI=1S/C20H34N4O8/c1-16(26)2-3-17(15-25)24-10-8-22(13-19(29)30)6-4-21(12-18(27)28)5-7-23(9-11-24)14-20(31)32/h15,17H,2-14H2,1H3,(H,27,28)(H,29,30)(H,31,32). The topological polar surface area (TPSA) is 159 Å². The van der Waals surface area contributed by atoms with Crippen LogP contribution >= 0.6 is 0 Å². The van der Waals surface area contributed by atoms with Crippen molar-refractivity contribution in [3.05, 3.63) is 0 Å². The van der Waals surface area contributed by atoms with Gasteiger partial charge in [-0.1, -0.05) is 0 Å². The molecule has 0 aromatic rings. The molecule has 0 aromatic heterocycles. The monoisotopic (exact) mass is 458 g/mol. The zero-order valence-electron chi connectivity index (χ0n) is 18.5. The highest BCUT2D eigenvalue weighted by atomic mass is 16.4. The van der Waals surface area contributed by atoms with Gasteiger partial charge in [0.25, 0.3) is 0 Å². The third kappa shape index (κ3) is 11.8. The van der Waals surface area contributed by atoms with Crippen molar-refractivity contribution in [3.63, 3.8) is 0 Å². The smallest absolute Gasteiger partial charge is 0.317 e. The molecule has 1 unspecified atom stereocenters. The summed E-state index contributed by atoms with van der Waals surface area (Å²) in [5.74, 6) is -3.07. The SMILES string of the molecule is CC(=O)CCC(C=O)N1CCN(CC(=O)O)CCN(CC(=O)O)CCN(CC(=O)O)CC1. The van der Waals surface area contributed by atoms with Crippen LogP contribution in [0, 0.1) is 0 Å². The normalized spacial score (nSPS) is 19.4. The van der Waals surface area contributed by atoms with Gasteiger partial charge in [-0.2, -0.15) is 0 Å². The Hall–Kier alpha value is -2.41. The Morgan fingerprint density at radius 2 is 1.06 bits per heavy atom. The van der Waals surface area contributed by atoms with Crippen LogP contribution in [0.1, 0.15) is 19.8 Å². The number of hydrogen-bond donors (Lipinski definition) is 3. The van der Waals surface area contributed by atoms with Crippen LogP contribution in [0.4, 0.5) is 0 Å². The van der Waals surface area contributed by atoms with E-state index in [4.69, 9.17) is 5.11 Å². The van der Waals surface area contributed by atoms with E-state index in [-0.39, 0.29) is 31.8 Å². The highest BCUT2D eigenvalue weighted by Crippen LogP contribution is 2.08. The van der Waals surface area contributed by atoms with E-state index >= 15 is 0 Å². The number of rotatable bonds is 11. The van der Waals surface area contributed by atoms with Crippen LogP contribution in [0.25, 0.3) is 0 Å². The number of aldehydes is 1. The molecule has 12 nitrogen and oxygen atoms in total. The van der Waals surface area contributed by atoms with Crippen molar-refractivity contribution in [1.82, 2.24) is 19.6 Å². The molecule has 1 aliphatic rings. The van der Waals surface area contributed by atoms with E-state index in [0.29, 0.717) is 58.8 Å². The van der Waals surface area contributed by atoms with Gasteiger partial charge in [0.15, 0.2) is 0 Å². The van der Waals surface area contributed by atoms with E-state index in [1.54, 1.807) is 14.7 Å². The van der Waals surface area contributed by atoms with Gasteiger partial charge in [0.2, 0.25) is 0 Å². The molecule has 0 saturated carbocycles. The van der Waals surface area contributed by atoms with Crippen molar-refractivity contribution in [2.45, 2.75) is 25.8 Å². The van der Waals surface area contributed by atoms with Crippen LogP contribution in [-0.2, 0) is 24.0 Å². The molecule has 0 aromatic carbocycles. The molecule has 1 heterocycles. The number of aliphatic carboxylic acids is 3. The van der Waals surface area contributed by atoms with E-state index in [1.165, 1.54) is 6.92 Å². The highest BCUT2D eigenvalue weighted by Gasteiger charge is 2.23. The molecule has 0 radical (unpaired) electrons. The van der Waals surface area contributed by atoms with Crippen LogP contribution in [-0.4, -0.2) is 143 Å². The second-order valence-corrected chi connectivity index (χ2v) is 7.99. The first kappa shape index (κ1) is 27.6. The van der Waals surface area contributed by atoms with Crippen molar-refractivity contribution in [2.24, 2.45) is 0 Å². The minimum atomic E-state index is -1.02. The van der Waals surface area contributed by atoms with Gasteiger partial charge in [-0.15, -0.1) is 0 Å². The second kappa shape index (κ2) is 14.6. The Balaban J connectivity index is 3.04. The fourth-order valence-corrected chi connectivity index (χ4v) is 3.62. The molecule has 12 heteroatoms. The molecule has 3 N–H and O–H groups in total. The minimum absolute atomic E-state index is 0.0373. The predicted octanol–water partition coefficient (Wildman–Crippen LogP) is -1.60. The fourth-order valence-electron chi connectivity index (χ4n) is 3.62. The van der Waals surface area contributed by atoms with Gasteiger partial charge in [0.1, 0.15) is 12.1 Å². The van der Waals surface area contributed by atoms with Crippen LogP contribution in [0.15, 0.2) is 0 Å². The lowest BCUT2D eigenvalue weighted by molar-refractivity contribution is -0.140. The number of carboxylic acid groups (broad SMARTS) is 3. The van der Waals surface area contributed by atoms with Gasteiger partial charge < -0.3 is 24.9 Å². The summed E-state index contributed by atoms with van der Waals surface area (Å²) in [6.07, 6.45) is 1.34. The largest absolute Gasteiger partial charge is 0.480 e. The summed E-state index contributed by atoms with van der Waals surface area (Å²) in [4.78, 5) is 63.8. The van der Waals surface area contributed by atoms with Crippen molar-refractivity contribution < 1.29 is 39.3 Å². The molecule has 182 valence electrons. The Morgan fingerprint density at radius 3 is 1.34 bits per heavy atom. The zero-order chi connectivity index (χ0) is 24.1. The maximum Gasteiger partial charge on any atom is 0.317 e. The number of nitrogens with zero attached hydrogens (tertiary/aromatic N) is 4. The highest BCUT2D eigenvalue weighted by molar-refractivity contribution is 5.76. The first-order valence-corrected chi connectivity index (χ1v) is 10.6. The van der Waals surface area contributed by atoms with Crippen LogP contribution < -0.4 is 0 Å². The Bertz CT molecular complexity index is 628. The Kier molecular flexibility index (Phi) is 12.6. The minimum Gasteiger partial charge on any atom is -0.480 e. The molecule has 0 spiro atoms. The molecule has 1 fully saturated rings. The third-order valence-corrected chi connectivity index (χ3v) is 5.37. The molecular weight excluding hydrogens is 424 g/mol. The van der Waals surface area contributed by atoms with Crippen LogP contribution in [0.5, 0.6) is 0 Å². The average Bonchev–Trinajstić information content (AvgIpc) is 2.68. The average molecular weight is 459 g/mol. The van der Waals surface area contributed by atoms with Gasteiger partial charge in [-0.05, 0) is 13.3 Å². The van der Waals surface area contributed by atoms with Crippen molar-refractivity contribution in [2.75, 3.05) is 72.0 Å². The van der Waals surface area contributed by atoms with Crippen molar-refractivity contribution in [1.29, 1.82) is 0 Å². The number of carboxylic acids is 3. The summed E-state index contributed by atoms with van der Waals surface area (Å²) in [7, 11) is 0. The lowest BCUT2D eigenvalue weighted by Gasteiger charge is -2.35. The lowest BCUT2D eigenvalue weighted by atomic mass is 10.1. The zero-order valence-corrected chi connectivity index (χ0v) is 18.5. The van der Waals surface area contributed by atoms with Crippen molar-refractivity contribution in [3.8, 4) is 0 Å². The quantitative estimate of drug-likeness (QED) is 0.305. The van der Waals surface area contributed by atoms with Gasteiger partial charge in [-0.3, -0.25) is 34.0 Å². The molecular formula is C20H34N4O8. The van der Waals surface area contributed by atoms with E-state index in [1.807, 2.05) is 4.90 Å². The fraction of sp³-hybridized carbons (Fsp3) is 0.750. The summed E-state index contributed by atoms with van der Waals surface area (Å²) in [6, 6.07) is -0.538. The lowest BCUT2D eigenvalue weighted by Crippen LogP contribution is -2.50. The molecule has 1 saturated heterocycles. The summed E-state index contributed by atoms with van der Waals surface area (Å²) < 4.78 is 0. The summed E-state index contributed by atoms with van der Waals surface area (Å²) in [5, 5.41) is 27.6. The van der Waals surface area contributed by atoms with Gasteiger partial charge in [0.05, 0.1) is 25.7 Å². The molecule has 0 bridgehead atoms. The maximum absolute atomic E-state index is 11.7. The molecule has 32 heavy (non-hydrogen) atoms.